The maximum Gasteiger partial charge on any atom is 0.229 e. The molecule has 1 aromatic heterocycles. The number of likely N-dealkylation sites (N-methyl/N-ethyl adjacent to an activating group) is 1. The van der Waals surface area contributed by atoms with Crippen molar-refractivity contribution < 1.29 is 9.18 Å². The summed E-state index contributed by atoms with van der Waals surface area (Å²) in [5, 5.41) is 6.32. The topological polar surface area (TPSA) is 99.4 Å². The molecule has 0 radical (unpaired) electrons. The van der Waals surface area contributed by atoms with Crippen LogP contribution in [0.3, 0.4) is 0 Å². The van der Waals surface area contributed by atoms with Crippen molar-refractivity contribution in [2.45, 2.75) is 19.4 Å². The molecule has 2 heterocycles. The minimum Gasteiger partial charge on any atom is -0.369 e. The van der Waals surface area contributed by atoms with Crippen LogP contribution in [-0.2, 0) is 4.79 Å². The van der Waals surface area contributed by atoms with Crippen molar-refractivity contribution in [3.8, 4) is 0 Å². The molecular formula is C24H30FN7O. The van der Waals surface area contributed by atoms with Crippen molar-refractivity contribution in [1.82, 2.24) is 14.9 Å². The molecule has 2 aromatic rings. The predicted octanol–water partition coefficient (Wildman–Crippen LogP) is 2.51. The van der Waals surface area contributed by atoms with Gasteiger partial charge in [-0.05, 0) is 56.0 Å². The Bertz CT molecular complexity index is 1080. The number of piperazine rings is 1. The Morgan fingerprint density at radius 3 is 2.67 bits per heavy atom. The molecule has 1 amide bonds. The highest BCUT2D eigenvalue weighted by Gasteiger charge is 2.47. The number of amides is 1. The number of nitrogens with one attached hydrogen (secondary N) is 2. The second-order valence-electron chi connectivity index (χ2n) is 9.35. The van der Waals surface area contributed by atoms with Gasteiger partial charge >= 0.3 is 0 Å². The Kier molecular flexibility index (Phi) is 5.65. The number of allylic oxidation sites excluding steroid dienone is 1. The third-order valence-electron chi connectivity index (χ3n) is 7.13. The predicted molar refractivity (Wildman–Crippen MR) is 127 cm³/mol. The van der Waals surface area contributed by atoms with Crippen LogP contribution < -0.4 is 21.3 Å². The number of nitrogens with two attached hydrogens (primary N) is 1. The number of hydrogen-bond acceptors (Lipinski definition) is 7. The molecule has 1 aromatic carbocycles. The fraction of sp³-hybridized carbons (Fsp3) is 0.458. The molecule has 2 bridgehead atoms. The molecular weight excluding hydrogens is 421 g/mol. The van der Waals surface area contributed by atoms with E-state index in [4.69, 9.17) is 5.73 Å². The standard InChI is InChI=1S/C24H30FN7O/c1-14-11-17(5-6-19(14)32-9-7-31(2)8-10-32)28-24-27-13-18(25)23(30-24)29-21-16-4-3-15(12-16)20(21)22(26)33/h3-6,11,13,15-16,20-21H,7-10,12H2,1-2H3,(H2,26,33)(H2,27,28,29,30)/t15-,16-,20-,21+/m0/s1. The fourth-order valence-corrected chi connectivity index (χ4v) is 5.36. The molecule has 4 N–H and O–H groups in total. The van der Waals surface area contributed by atoms with Crippen molar-refractivity contribution >= 4 is 29.0 Å². The van der Waals surface area contributed by atoms with Crippen LogP contribution >= 0.6 is 0 Å². The van der Waals surface area contributed by atoms with Gasteiger partial charge in [-0.1, -0.05) is 12.2 Å². The molecule has 8 nitrogen and oxygen atoms in total. The minimum absolute atomic E-state index is 0.0791. The number of hydrogen-bond donors (Lipinski definition) is 3. The average molecular weight is 452 g/mol. The van der Waals surface area contributed by atoms with Gasteiger partial charge in [-0.3, -0.25) is 4.79 Å². The lowest BCUT2D eigenvalue weighted by Gasteiger charge is -2.35. The SMILES string of the molecule is Cc1cc(Nc2ncc(F)c(N[C@H]3[C@@H](C(N)=O)[C@H]4C=C[C@H]3C4)n2)ccc1N1CCN(C)CC1. The molecule has 1 aliphatic heterocycles. The number of fused-ring (bicyclic) bond motifs is 2. The van der Waals surface area contributed by atoms with Crippen molar-refractivity contribution in [1.29, 1.82) is 0 Å². The lowest BCUT2D eigenvalue weighted by molar-refractivity contribution is -0.122. The first-order chi connectivity index (χ1) is 15.9. The normalized spacial score (nSPS) is 26.6. The Hall–Kier alpha value is -3.20. The molecule has 2 aliphatic carbocycles. The van der Waals surface area contributed by atoms with Crippen LogP contribution in [0.5, 0.6) is 0 Å². The summed E-state index contributed by atoms with van der Waals surface area (Å²) in [6.07, 6.45) is 6.11. The van der Waals surface area contributed by atoms with Gasteiger partial charge in [-0.25, -0.2) is 9.37 Å². The smallest absolute Gasteiger partial charge is 0.229 e. The van der Waals surface area contributed by atoms with Gasteiger partial charge in [0.2, 0.25) is 11.9 Å². The maximum absolute atomic E-state index is 14.5. The number of aryl methyl sites for hydroxylation is 1. The van der Waals surface area contributed by atoms with E-state index < -0.39 is 5.82 Å². The number of rotatable bonds is 6. The van der Waals surface area contributed by atoms with Crippen LogP contribution in [0.4, 0.5) is 27.5 Å². The number of halogens is 1. The van der Waals surface area contributed by atoms with E-state index in [1.165, 1.54) is 5.69 Å². The Morgan fingerprint density at radius 2 is 1.94 bits per heavy atom. The highest BCUT2D eigenvalue weighted by Crippen LogP contribution is 2.44. The van der Waals surface area contributed by atoms with E-state index in [9.17, 15) is 9.18 Å². The number of benzene rings is 1. The van der Waals surface area contributed by atoms with E-state index in [-0.39, 0.29) is 35.5 Å². The van der Waals surface area contributed by atoms with E-state index in [0.717, 1.165) is 50.0 Å². The fourth-order valence-electron chi connectivity index (χ4n) is 5.36. The molecule has 33 heavy (non-hydrogen) atoms. The van der Waals surface area contributed by atoms with Gasteiger partial charge in [-0.2, -0.15) is 4.98 Å². The van der Waals surface area contributed by atoms with Gasteiger partial charge in [0.05, 0.1) is 12.1 Å². The summed E-state index contributed by atoms with van der Waals surface area (Å²) in [6, 6.07) is 5.88. The third kappa shape index (κ3) is 4.25. The van der Waals surface area contributed by atoms with Crippen LogP contribution in [-0.4, -0.2) is 60.0 Å². The lowest BCUT2D eigenvalue weighted by atomic mass is 9.88. The highest BCUT2D eigenvalue weighted by atomic mass is 19.1. The molecule has 2 fully saturated rings. The maximum atomic E-state index is 14.5. The van der Waals surface area contributed by atoms with Crippen molar-refractivity contribution in [3.63, 3.8) is 0 Å². The van der Waals surface area contributed by atoms with E-state index >= 15 is 0 Å². The second-order valence-corrected chi connectivity index (χ2v) is 9.35. The number of anilines is 4. The summed E-state index contributed by atoms with van der Waals surface area (Å²) >= 11 is 0. The van der Waals surface area contributed by atoms with Gasteiger partial charge in [0.1, 0.15) is 0 Å². The van der Waals surface area contributed by atoms with Crippen molar-refractivity contribution in [2.75, 3.05) is 48.8 Å². The molecule has 1 saturated carbocycles. The first-order valence-electron chi connectivity index (χ1n) is 11.5. The number of primary amides is 1. The van der Waals surface area contributed by atoms with Gasteiger partial charge in [-0.15, -0.1) is 0 Å². The van der Waals surface area contributed by atoms with E-state index in [1.54, 1.807) is 0 Å². The molecule has 4 atom stereocenters. The number of carbonyl (C=O) groups is 1. The van der Waals surface area contributed by atoms with Gasteiger partial charge in [0.15, 0.2) is 11.6 Å². The number of carbonyl (C=O) groups excluding carboxylic acids is 1. The first-order valence-corrected chi connectivity index (χ1v) is 11.5. The zero-order valence-corrected chi connectivity index (χ0v) is 19.0. The van der Waals surface area contributed by atoms with E-state index in [1.807, 2.05) is 12.1 Å². The average Bonchev–Trinajstić information content (AvgIpc) is 3.39. The quantitative estimate of drug-likeness (QED) is 0.581. The Labute approximate surface area is 193 Å². The van der Waals surface area contributed by atoms with Crippen molar-refractivity contribution in [3.05, 3.63) is 47.9 Å². The largest absolute Gasteiger partial charge is 0.369 e. The summed E-state index contributed by atoms with van der Waals surface area (Å²) in [6.45, 7) is 6.20. The number of aromatic nitrogens is 2. The monoisotopic (exact) mass is 451 g/mol. The van der Waals surface area contributed by atoms with Gasteiger partial charge in [0, 0.05) is 43.6 Å². The highest BCUT2D eigenvalue weighted by molar-refractivity contribution is 5.79. The van der Waals surface area contributed by atoms with Crippen LogP contribution in [0.1, 0.15) is 12.0 Å². The Morgan fingerprint density at radius 1 is 1.18 bits per heavy atom. The zero-order chi connectivity index (χ0) is 23.1. The summed E-state index contributed by atoms with van der Waals surface area (Å²) in [4.78, 5) is 25.2. The lowest BCUT2D eigenvalue weighted by Crippen LogP contribution is -2.44. The molecule has 0 unspecified atom stereocenters. The Balaban J connectivity index is 1.31. The zero-order valence-electron chi connectivity index (χ0n) is 19.0. The van der Waals surface area contributed by atoms with Crippen LogP contribution in [0.2, 0.25) is 0 Å². The molecule has 5 rings (SSSR count). The van der Waals surface area contributed by atoms with E-state index in [0.29, 0.717) is 5.95 Å². The molecule has 3 aliphatic rings. The second kappa shape index (κ2) is 8.62. The third-order valence-corrected chi connectivity index (χ3v) is 7.13. The van der Waals surface area contributed by atoms with Crippen LogP contribution in [0.25, 0.3) is 0 Å². The first kappa shape index (κ1) is 21.6. The molecule has 174 valence electrons. The van der Waals surface area contributed by atoms with E-state index in [2.05, 4.69) is 62.6 Å². The molecule has 0 spiro atoms. The number of nitrogens with zero attached hydrogens (tertiary/aromatic N) is 4. The van der Waals surface area contributed by atoms with Gasteiger partial charge < -0.3 is 26.2 Å². The van der Waals surface area contributed by atoms with Gasteiger partial charge in [0.25, 0.3) is 0 Å². The summed E-state index contributed by atoms with van der Waals surface area (Å²) < 4.78 is 14.5. The molecule has 9 heteroatoms. The summed E-state index contributed by atoms with van der Waals surface area (Å²) in [7, 11) is 2.14. The summed E-state index contributed by atoms with van der Waals surface area (Å²) in [5.74, 6) is -0.673. The minimum atomic E-state index is -0.558. The molecule has 1 saturated heterocycles. The summed E-state index contributed by atoms with van der Waals surface area (Å²) in [5.41, 5.74) is 8.84. The van der Waals surface area contributed by atoms with Crippen LogP contribution in [0.15, 0.2) is 36.5 Å². The van der Waals surface area contributed by atoms with Crippen LogP contribution in [0, 0.1) is 30.5 Å². The van der Waals surface area contributed by atoms with Crippen molar-refractivity contribution in [2.24, 2.45) is 23.5 Å².